The van der Waals surface area contributed by atoms with Gasteiger partial charge in [-0.3, -0.25) is 19.4 Å². The van der Waals surface area contributed by atoms with Crippen LogP contribution in [0.3, 0.4) is 0 Å². The fourth-order valence-electron chi connectivity index (χ4n) is 2.75. The average Bonchev–Trinajstić information content (AvgIpc) is 2.77. The van der Waals surface area contributed by atoms with Crippen molar-refractivity contribution in [2.75, 3.05) is 19.7 Å². The lowest BCUT2D eigenvalue weighted by molar-refractivity contribution is -0.143. The monoisotopic (exact) mass is 490 g/mol. The van der Waals surface area contributed by atoms with Crippen LogP contribution in [0.4, 0.5) is 0 Å². The van der Waals surface area contributed by atoms with E-state index in [4.69, 9.17) is 33.1 Å². The standard InChI is InChI=1S/C19H38N8O7/c1-10(29)14(21)17(32)26-12(6-4-8-24-19(22)23)15(30)25-11(5-2-3-7-20)16(31)27-13(9-28)18(33)34/h10-14,28-29H,2-9,20-21H2,1H3,(H,25,30)(H,26,32)(H,27,31)(H,33,34)(H4,22,23,24). The summed E-state index contributed by atoms with van der Waals surface area (Å²) >= 11 is 0. The number of aliphatic hydroxyl groups is 2. The Balaban J connectivity index is 5.52. The van der Waals surface area contributed by atoms with Crippen LogP contribution in [0.2, 0.25) is 0 Å². The Kier molecular flexibility index (Phi) is 15.1. The van der Waals surface area contributed by atoms with Crippen LogP contribution in [-0.2, 0) is 19.2 Å². The highest BCUT2D eigenvalue weighted by Crippen LogP contribution is 2.06. The second-order valence-corrected chi connectivity index (χ2v) is 7.70. The summed E-state index contributed by atoms with van der Waals surface area (Å²) in [4.78, 5) is 52.8. The Morgan fingerprint density at radius 1 is 0.882 bits per heavy atom. The van der Waals surface area contributed by atoms with Crippen molar-refractivity contribution in [3.05, 3.63) is 0 Å². The van der Waals surface area contributed by atoms with Crippen LogP contribution in [0.1, 0.15) is 39.0 Å². The molecule has 0 aromatic rings. The van der Waals surface area contributed by atoms with Crippen LogP contribution in [0.25, 0.3) is 0 Å². The van der Waals surface area contributed by atoms with Gasteiger partial charge in [0.1, 0.15) is 24.2 Å². The Bertz CT molecular complexity index is 700. The number of hydrogen-bond donors (Lipinski definition) is 10. The number of aliphatic hydroxyl groups excluding tert-OH is 2. The van der Waals surface area contributed by atoms with E-state index in [0.29, 0.717) is 19.4 Å². The number of aliphatic imine (C=N–C) groups is 1. The molecule has 14 N–H and O–H groups in total. The minimum absolute atomic E-state index is 0.0758. The summed E-state index contributed by atoms with van der Waals surface area (Å²) in [5.74, 6) is -3.93. The number of carboxylic acid groups (broad SMARTS) is 1. The molecule has 0 aliphatic rings. The van der Waals surface area contributed by atoms with E-state index in [1.807, 2.05) is 0 Å². The maximum atomic E-state index is 13.0. The van der Waals surface area contributed by atoms with Crippen LogP contribution in [0, 0.1) is 0 Å². The lowest BCUT2D eigenvalue weighted by atomic mass is 10.0. The molecule has 0 aliphatic carbocycles. The molecule has 0 heterocycles. The van der Waals surface area contributed by atoms with Crippen LogP contribution in [-0.4, -0.2) is 94.9 Å². The van der Waals surface area contributed by atoms with E-state index in [-0.39, 0.29) is 31.8 Å². The zero-order valence-corrected chi connectivity index (χ0v) is 19.3. The number of amides is 3. The number of carbonyl (C=O) groups excluding carboxylic acids is 3. The Morgan fingerprint density at radius 2 is 1.38 bits per heavy atom. The van der Waals surface area contributed by atoms with E-state index in [0.717, 1.165) is 0 Å². The molecule has 34 heavy (non-hydrogen) atoms. The van der Waals surface area contributed by atoms with Gasteiger partial charge in [0.05, 0.1) is 12.7 Å². The number of carboxylic acids is 1. The van der Waals surface area contributed by atoms with Crippen molar-refractivity contribution >= 4 is 29.7 Å². The number of unbranched alkanes of at least 4 members (excludes halogenated alkanes) is 1. The number of nitrogens with two attached hydrogens (primary N) is 4. The number of guanidine groups is 1. The number of nitrogens with zero attached hydrogens (tertiary/aromatic N) is 1. The normalized spacial score (nSPS) is 15.2. The van der Waals surface area contributed by atoms with Crippen LogP contribution in [0.15, 0.2) is 4.99 Å². The first-order valence-electron chi connectivity index (χ1n) is 10.9. The van der Waals surface area contributed by atoms with Gasteiger partial charge in [-0.05, 0) is 45.6 Å². The van der Waals surface area contributed by atoms with E-state index < -0.39 is 60.6 Å². The summed E-state index contributed by atoms with van der Waals surface area (Å²) in [6.45, 7) is 0.986. The summed E-state index contributed by atoms with van der Waals surface area (Å²) in [5, 5.41) is 34.8. The van der Waals surface area contributed by atoms with E-state index in [2.05, 4.69) is 20.9 Å². The van der Waals surface area contributed by atoms with Gasteiger partial charge in [0.15, 0.2) is 5.96 Å². The highest BCUT2D eigenvalue weighted by molar-refractivity contribution is 5.94. The van der Waals surface area contributed by atoms with Crippen molar-refractivity contribution in [3.63, 3.8) is 0 Å². The Labute approximate surface area is 197 Å². The van der Waals surface area contributed by atoms with Crippen molar-refractivity contribution in [2.24, 2.45) is 27.9 Å². The summed E-state index contributed by atoms with van der Waals surface area (Å²) < 4.78 is 0. The molecular formula is C19H38N8O7. The lowest BCUT2D eigenvalue weighted by Gasteiger charge is -2.25. The first kappa shape index (κ1) is 31.0. The van der Waals surface area contributed by atoms with Gasteiger partial charge in [-0.2, -0.15) is 0 Å². The molecule has 196 valence electrons. The number of nitrogens with one attached hydrogen (secondary N) is 3. The van der Waals surface area contributed by atoms with E-state index in [1.54, 1.807) is 0 Å². The lowest BCUT2D eigenvalue weighted by Crippen LogP contribution is -2.58. The van der Waals surface area contributed by atoms with E-state index in [9.17, 15) is 24.3 Å². The molecule has 0 aromatic heterocycles. The molecule has 3 amide bonds. The van der Waals surface area contributed by atoms with Gasteiger partial charge in [-0.25, -0.2) is 4.79 Å². The van der Waals surface area contributed by atoms with Crippen molar-refractivity contribution in [3.8, 4) is 0 Å². The molecule has 0 fully saturated rings. The molecule has 0 radical (unpaired) electrons. The second kappa shape index (κ2) is 16.6. The zero-order chi connectivity index (χ0) is 26.3. The van der Waals surface area contributed by atoms with E-state index in [1.165, 1.54) is 6.92 Å². The molecule has 15 heteroatoms. The molecule has 5 unspecified atom stereocenters. The molecule has 15 nitrogen and oxygen atoms in total. The molecular weight excluding hydrogens is 452 g/mol. The van der Waals surface area contributed by atoms with Crippen LogP contribution in [0.5, 0.6) is 0 Å². The van der Waals surface area contributed by atoms with Crippen molar-refractivity contribution in [2.45, 2.75) is 69.3 Å². The first-order valence-corrected chi connectivity index (χ1v) is 10.9. The van der Waals surface area contributed by atoms with Gasteiger partial charge in [0.25, 0.3) is 0 Å². The summed E-state index contributed by atoms with van der Waals surface area (Å²) in [6, 6.07) is -5.16. The van der Waals surface area contributed by atoms with Gasteiger partial charge in [0.2, 0.25) is 17.7 Å². The summed E-state index contributed by atoms with van der Waals surface area (Å²) in [5.41, 5.74) is 21.6. The number of aliphatic carboxylic acids is 1. The highest BCUT2D eigenvalue weighted by Gasteiger charge is 2.30. The smallest absolute Gasteiger partial charge is 0.328 e. The summed E-state index contributed by atoms with van der Waals surface area (Å²) in [7, 11) is 0. The number of carbonyl (C=O) groups is 4. The molecule has 0 saturated carbocycles. The second-order valence-electron chi connectivity index (χ2n) is 7.70. The topological polar surface area (TPSA) is 282 Å². The van der Waals surface area contributed by atoms with Crippen molar-refractivity contribution < 1.29 is 34.5 Å². The maximum Gasteiger partial charge on any atom is 0.328 e. The van der Waals surface area contributed by atoms with Gasteiger partial charge < -0.3 is 54.2 Å². The summed E-state index contributed by atoms with van der Waals surface area (Å²) in [6.07, 6.45) is 0.312. The largest absolute Gasteiger partial charge is 0.480 e. The zero-order valence-electron chi connectivity index (χ0n) is 19.3. The van der Waals surface area contributed by atoms with Crippen molar-refractivity contribution in [1.82, 2.24) is 16.0 Å². The third kappa shape index (κ3) is 12.3. The van der Waals surface area contributed by atoms with Gasteiger partial charge in [-0.1, -0.05) is 0 Å². The Hall–Kier alpha value is -3.01. The third-order valence-corrected chi connectivity index (χ3v) is 4.78. The fourth-order valence-corrected chi connectivity index (χ4v) is 2.75. The van der Waals surface area contributed by atoms with Gasteiger partial charge >= 0.3 is 5.97 Å². The Morgan fingerprint density at radius 3 is 1.82 bits per heavy atom. The molecule has 0 aliphatic heterocycles. The number of rotatable bonds is 17. The SMILES string of the molecule is CC(O)C(N)C(=O)NC(CCCN=C(N)N)C(=O)NC(CCCCN)C(=O)NC(CO)C(=O)O. The fraction of sp³-hybridized carbons (Fsp3) is 0.737. The predicted molar refractivity (Wildman–Crippen MR) is 123 cm³/mol. The van der Waals surface area contributed by atoms with Gasteiger partial charge in [0, 0.05) is 6.54 Å². The van der Waals surface area contributed by atoms with Crippen molar-refractivity contribution in [1.29, 1.82) is 0 Å². The third-order valence-electron chi connectivity index (χ3n) is 4.78. The quantitative estimate of drug-likeness (QED) is 0.0525. The molecule has 0 bridgehead atoms. The first-order chi connectivity index (χ1) is 15.9. The molecule has 0 saturated heterocycles. The minimum atomic E-state index is -1.56. The van der Waals surface area contributed by atoms with Crippen LogP contribution >= 0.6 is 0 Å². The maximum absolute atomic E-state index is 13.0. The van der Waals surface area contributed by atoms with Crippen LogP contribution < -0.4 is 38.9 Å². The van der Waals surface area contributed by atoms with Gasteiger partial charge in [-0.15, -0.1) is 0 Å². The van der Waals surface area contributed by atoms with E-state index >= 15 is 0 Å². The molecule has 0 rings (SSSR count). The molecule has 5 atom stereocenters. The highest BCUT2D eigenvalue weighted by atomic mass is 16.4. The predicted octanol–water partition coefficient (Wildman–Crippen LogP) is -4.59. The average molecular weight is 491 g/mol. The minimum Gasteiger partial charge on any atom is -0.480 e. The molecule has 0 aromatic carbocycles. The molecule has 0 spiro atoms. The number of hydrogen-bond acceptors (Lipinski definition) is 9.